The van der Waals surface area contributed by atoms with E-state index in [1.807, 2.05) is 7.05 Å². The van der Waals surface area contributed by atoms with Gasteiger partial charge in [-0.2, -0.15) is 0 Å². The third kappa shape index (κ3) is 2.30. The molecule has 16 heavy (non-hydrogen) atoms. The first kappa shape index (κ1) is 11.3. The fourth-order valence-electron chi connectivity index (χ4n) is 1.98. The van der Waals surface area contributed by atoms with Gasteiger partial charge in [-0.15, -0.1) is 0 Å². The lowest BCUT2D eigenvalue weighted by atomic mass is 10.0. The number of fused-ring (bicyclic) bond motifs is 1. The Kier molecular flexibility index (Phi) is 3.67. The molecule has 0 saturated carbocycles. The molecule has 0 radical (unpaired) electrons. The van der Waals surface area contributed by atoms with Crippen LogP contribution in [0.5, 0.6) is 11.5 Å². The molecule has 1 aromatic rings. The molecule has 0 bridgehead atoms. The minimum atomic E-state index is 0.747. The number of ether oxygens (including phenoxy) is 2. The molecule has 3 heteroatoms. The number of nitrogens with one attached hydrogen (secondary N) is 1. The molecule has 1 heterocycles. The zero-order valence-electron chi connectivity index (χ0n) is 10.0. The first-order chi connectivity index (χ1) is 7.85. The van der Waals surface area contributed by atoms with Gasteiger partial charge in [-0.25, -0.2) is 0 Å². The zero-order valence-corrected chi connectivity index (χ0v) is 10.0. The average molecular weight is 221 g/mol. The Morgan fingerprint density at radius 2 is 1.75 bits per heavy atom. The Bertz CT molecular complexity index is 362. The predicted molar refractivity (Wildman–Crippen MR) is 64.2 cm³/mol. The van der Waals surface area contributed by atoms with E-state index in [2.05, 4.69) is 24.4 Å². The highest BCUT2D eigenvalue weighted by molar-refractivity contribution is 5.47. The van der Waals surface area contributed by atoms with Gasteiger partial charge in [0.05, 0.1) is 13.2 Å². The molecule has 1 aliphatic heterocycles. The Balaban J connectivity index is 2.36. The third-order valence-electron chi connectivity index (χ3n) is 2.82. The van der Waals surface area contributed by atoms with Gasteiger partial charge in [-0.05, 0) is 36.7 Å². The Morgan fingerprint density at radius 3 is 2.31 bits per heavy atom. The van der Waals surface area contributed by atoms with Crippen LogP contribution in [-0.4, -0.2) is 20.3 Å². The minimum Gasteiger partial charge on any atom is -0.490 e. The van der Waals surface area contributed by atoms with Crippen LogP contribution in [0.4, 0.5) is 0 Å². The molecule has 2 rings (SSSR count). The van der Waals surface area contributed by atoms with Crippen molar-refractivity contribution in [2.24, 2.45) is 0 Å². The first-order valence-corrected chi connectivity index (χ1v) is 5.91. The summed E-state index contributed by atoms with van der Waals surface area (Å²) in [7, 11) is 1.96. The van der Waals surface area contributed by atoms with Gasteiger partial charge in [-0.3, -0.25) is 0 Å². The second kappa shape index (κ2) is 5.21. The number of rotatable bonds is 3. The summed E-state index contributed by atoms with van der Waals surface area (Å²) in [5, 5.41) is 3.18. The van der Waals surface area contributed by atoms with Gasteiger partial charge >= 0.3 is 0 Å². The Morgan fingerprint density at radius 1 is 1.12 bits per heavy atom. The van der Waals surface area contributed by atoms with Crippen molar-refractivity contribution in [3.63, 3.8) is 0 Å². The normalized spacial score (nSPS) is 14.6. The summed E-state index contributed by atoms with van der Waals surface area (Å²) in [6.45, 7) is 4.54. The van der Waals surface area contributed by atoms with Crippen LogP contribution in [0.3, 0.4) is 0 Å². The van der Waals surface area contributed by atoms with Gasteiger partial charge < -0.3 is 14.8 Å². The van der Waals surface area contributed by atoms with E-state index in [4.69, 9.17) is 9.47 Å². The van der Waals surface area contributed by atoms with E-state index in [1.54, 1.807) is 0 Å². The summed E-state index contributed by atoms with van der Waals surface area (Å²) in [6, 6.07) is 4.23. The van der Waals surface area contributed by atoms with Crippen LogP contribution in [-0.2, 0) is 13.0 Å². The highest BCUT2D eigenvalue weighted by Crippen LogP contribution is 2.33. The van der Waals surface area contributed by atoms with Crippen molar-refractivity contribution in [1.29, 1.82) is 0 Å². The molecule has 1 aliphatic rings. The van der Waals surface area contributed by atoms with Crippen LogP contribution in [0.15, 0.2) is 12.1 Å². The molecule has 3 nitrogen and oxygen atoms in total. The molecular weight excluding hydrogens is 202 g/mol. The lowest BCUT2D eigenvalue weighted by molar-refractivity contribution is 0.297. The first-order valence-electron chi connectivity index (χ1n) is 5.91. The average Bonchev–Trinajstić information content (AvgIpc) is 2.53. The second-order valence-corrected chi connectivity index (χ2v) is 4.00. The maximum Gasteiger partial charge on any atom is 0.161 e. The molecule has 0 aromatic heterocycles. The SMILES string of the molecule is CCc1cc2c(cc1CNC)OCCCO2. The van der Waals surface area contributed by atoms with Crippen molar-refractivity contribution < 1.29 is 9.47 Å². The van der Waals surface area contributed by atoms with E-state index in [0.717, 1.165) is 44.1 Å². The van der Waals surface area contributed by atoms with Crippen LogP contribution in [0, 0.1) is 0 Å². The highest BCUT2D eigenvalue weighted by atomic mass is 16.5. The van der Waals surface area contributed by atoms with E-state index in [-0.39, 0.29) is 0 Å². The van der Waals surface area contributed by atoms with Crippen LogP contribution in [0.1, 0.15) is 24.5 Å². The summed E-state index contributed by atoms with van der Waals surface area (Å²) >= 11 is 0. The highest BCUT2D eigenvalue weighted by Gasteiger charge is 2.13. The number of hydrogen-bond donors (Lipinski definition) is 1. The predicted octanol–water partition coefficient (Wildman–Crippen LogP) is 2.13. The van der Waals surface area contributed by atoms with E-state index >= 15 is 0 Å². The topological polar surface area (TPSA) is 30.5 Å². The van der Waals surface area contributed by atoms with Gasteiger partial charge in [0.25, 0.3) is 0 Å². The fraction of sp³-hybridized carbons (Fsp3) is 0.538. The standard InChI is InChI=1S/C13H19NO2/c1-3-10-7-12-13(8-11(10)9-14-2)16-6-4-5-15-12/h7-8,14H,3-6,9H2,1-2H3. The molecule has 0 aliphatic carbocycles. The molecule has 0 unspecified atom stereocenters. The molecule has 0 spiro atoms. The molecule has 1 aromatic carbocycles. The summed E-state index contributed by atoms with van der Waals surface area (Å²) in [5.74, 6) is 1.79. The quantitative estimate of drug-likeness (QED) is 0.848. The van der Waals surface area contributed by atoms with E-state index in [1.165, 1.54) is 11.1 Å². The summed E-state index contributed by atoms with van der Waals surface area (Å²) < 4.78 is 11.4. The van der Waals surface area contributed by atoms with Crippen molar-refractivity contribution in [1.82, 2.24) is 5.32 Å². The number of aryl methyl sites for hydroxylation is 1. The molecule has 88 valence electrons. The lowest BCUT2D eigenvalue weighted by Crippen LogP contribution is -2.08. The van der Waals surface area contributed by atoms with E-state index in [9.17, 15) is 0 Å². The second-order valence-electron chi connectivity index (χ2n) is 4.00. The van der Waals surface area contributed by atoms with Gasteiger partial charge in [-0.1, -0.05) is 6.92 Å². The Labute approximate surface area is 96.8 Å². The van der Waals surface area contributed by atoms with Crippen molar-refractivity contribution in [3.8, 4) is 11.5 Å². The molecule has 0 fully saturated rings. The van der Waals surface area contributed by atoms with Crippen LogP contribution in [0.2, 0.25) is 0 Å². The van der Waals surface area contributed by atoms with Gasteiger partial charge in [0.1, 0.15) is 0 Å². The molecule has 0 amide bonds. The lowest BCUT2D eigenvalue weighted by Gasteiger charge is -2.13. The summed E-state index contributed by atoms with van der Waals surface area (Å²) in [4.78, 5) is 0. The fourth-order valence-corrected chi connectivity index (χ4v) is 1.98. The maximum absolute atomic E-state index is 5.68. The number of hydrogen-bond acceptors (Lipinski definition) is 3. The molecule has 0 atom stereocenters. The molecule has 1 N–H and O–H groups in total. The third-order valence-corrected chi connectivity index (χ3v) is 2.82. The summed E-state index contributed by atoms with van der Waals surface area (Å²) in [6.07, 6.45) is 1.98. The van der Waals surface area contributed by atoms with Crippen LogP contribution >= 0.6 is 0 Å². The van der Waals surface area contributed by atoms with Gasteiger partial charge in [0.15, 0.2) is 11.5 Å². The zero-order chi connectivity index (χ0) is 11.4. The van der Waals surface area contributed by atoms with E-state index in [0.29, 0.717) is 0 Å². The van der Waals surface area contributed by atoms with Gasteiger partial charge in [0, 0.05) is 13.0 Å². The molecule has 0 saturated heterocycles. The Hall–Kier alpha value is -1.22. The maximum atomic E-state index is 5.68. The smallest absolute Gasteiger partial charge is 0.161 e. The van der Waals surface area contributed by atoms with E-state index < -0.39 is 0 Å². The van der Waals surface area contributed by atoms with Crippen molar-refractivity contribution >= 4 is 0 Å². The summed E-state index contributed by atoms with van der Waals surface area (Å²) in [5.41, 5.74) is 2.63. The molecular formula is C13H19NO2. The van der Waals surface area contributed by atoms with Crippen molar-refractivity contribution in [2.75, 3.05) is 20.3 Å². The minimum absolute atomic E-state index is 0.747. The monoisotopic (exact) mass is 221 g/mol. The number of benzene rings is 1. The largest absolute Gasteiger partial charge is 0.490 e. The van der Waals surface area contributed by atoms with Gasteiger partial charge in [0.2, 0.25) is 0 Å². The van der Waals surface area contributed by atoms with Crippen LogP contribution < -0.4 is 14.8 Å². The van der Waals surface area contributed by atoms with Crippen molar-refractivity contribution in [2.45, 2.75) is 26.3 Å². The van der Waals surface area contributed by atoms with Crippen molar-refractivity contribution in [3.05, 3.63) is 23.3 Å². The van der Waals surface area contributed by atoms with Crippen LogP contribution in [0.25, 0.3) is 0 Å².